The molecule has 0 saturated carbocycles. The van der Waals surface area contributed by atoms with Crippen LogP contribution in [0.1, 0.15) is 33.1 Å². The highest BCUT2D eigenvalue weighted by Crippen LogP contribution is 2.15. The zero-order valence-corrected chi connectivity index (χ0v) is 10.2. The van der Waals surface area contributed by atoms with E-state index in [0.717, 1.165) is 19.4 Å². The molecule has 0 spiro atoms. The third-order valence-electron chi connectivity index (χ3n) is 3.10. The Morgan fingerprint density at radius 3 is 2.81 bits per heavy atom. The first kappa shape index (κ1) is 13.5. The molecule has 0 aromatic carbocycles. The van der Waals surface area contributed by atoms with Gasteiger partial charge in [0.05, 0.1) is 12.5 Å². The maximum absolute atomic E-state index is 11.9. The molecule has 2 unspecified atom stereocenters. The van der Waals surface area contributed by atoms with Crippen molar-refractivity contribution >= 4 is 5.91 Å². The minimum Gasteiger partial charge on any atom is -0.396 e. The van der Waals surface area contributed by atoms with Crippen molar-refractivity contribution in [3.63, 3.8) is 0 Å². The highest BCUT2D eigenvalue weighted by atomic mass is 16.5. The molecular weight excluding hydrogens is 206 g/mol. The highest BCUT2D eigenvalue weighted by molar-refractivity contribution is 5.79. The number of ether oxygens (including phenoxy) is 1. The summed E-state index contributed by atoms with van der Waals surface area (Å²) in [7, 11) is 0. The van der Waals surface area contributed by atoms with Crippen LogP contribution in [0.3, 0.4) is 0 Å². The number of amides is 1. The van der Waals surface area contributed by atoms with Gasteiger partial charge >= 0.3 is 0 Å². The number of hydrogen-bond acceptors (Lipinski definition) is 3. The molecule has 1 rings (SSSR count). The van der Waals surface area contributed by atoms with Gasteiger partial charge in [-0.05, 0) is 25.2 Å². The van der Waals surface area contributed by atoms with E-state index in [1.54, 1.807) is 0 Å². The maximum Gasteiger partial charge on any atom is 0.225 e. The van der Waals surface area contributed by atoms with Crippen molar-refractivity contribution in [2.45, 2.75) is 39.2 Å². The van der Waals surface area contributed by atoms with Crippen LogP contribution in [0.15, 0.2) is 0 Å². The minimum atomic E-state index is -0.00584. The third kappa shape index (κ3) is 4.10. The fourth-order valence-corrected chi connectivity index (χ4v) is 1.96. The predicted octanol–water partition coefficient (Wildman–Crippen LogP) is 0.936. The molecule has 1 amide bonds. The van der Waals surface area contributed by atoms with Crippen LogP contribution in [0, 0.1) is 11.8 Å². The lowest BCUT2D eigenvalue weighted by molar-refractivity contribution is -0.130. The smallest absolute Gasteiger partial charge is 0.225 e. The largest absolute Gasteiger partial charge is 0.396 e. The Balaban J connectivity index is 2.40. The van der Waals surface area contributed by atoms with Crippen molar-refractivity contribution in [2.75, 3.05) is 19.8 Å². The second-order valence-corrected chi connectivity index (χ2v) is 4.79. The van der Waals surface area contributed by atoms with Gasteiger partial charge in [-0.2, -0.15) is 0 Å². The van der Waals surface area contributed by atoms with E-state index in [4.69, 9.17) is 9.84 Å². The molecule has 2 N–H and O–H groups in total. The average molecular weight is 229 g/mol. The van der Waals surface area contributed by atoms with Gasteiger partial charge in [0, 0.05) is 19.3 Å². The van der Waals surface area contributed by atoms with Gasteiger partial charge in [-0.15, -0.1) is 0 Å². The Kier molecular flexibility index (Phi) is 5.77. The Morgan fingerprint density at radius 1 is 1.56 bits per heavy atom. The topological polar surface area (TPSA) is 58.6 Å². The highest BCUT2D eigenvalue weighted by Gasteiger charge is 2.24. The summed E-state index contributed by atoms with van der Waals surface area (Å²) in [5, 5.41) is 11.9. The summed E-state index contributed by atoms with van der Waals surface area (Å²) < 4.78 is 5.30. The maximum atomic E-state index is 11.9. The van der Waals surface area contributed by atoms with Crippen molar-refractivity contribution < 1.29 is 14.6 Å². The van der Waals surface area contributed by atoms with E-state index in [0.29, 0.717) is 18.9 Å². The monoisotopic (exact) mass is 229 g/mol. The first-order valence-electron chi connectivity index (χ1n) is 6.14. The zero-order valence-electron chi connectivity index (χ0n) is 10.2. The second kappa shape index (κ2) is 6.86. The lowest BCUT2D eigenvalue weighted by Gasteiger charge is -2.26. The number of carbonyl (C=O) groups excluding carboxylic acids is 1. The molecule has 16 heavy (non-hydrogen) atoms. The summed E-state index contributed by atoms with van der Waals surface area (Å²) >= 11 is 0. The van der Waals surface area contributed by atoms with Gasteiger partial charge in [0.15, 0.2) is 0 Å². The minimum absolute atomic E-state index is 0.00584. The van der Waals surface area contributed by atoms with Crippen LogP contribution in [0.25, 0.3) is 0 Å². The van der Waals surface area contributed by atoms with Crippen LogP contribution in [-0.4, -0.2) is 36.9 Å². The quantitative estimate of drug-likeness (QED) is 0.737. The molecule has 4 nitrogen and oxygen atoms in total. The van der Waals surface area contributed by atoms with Crippen LogP contribution in [0.2, 0.25) is 0 Å². The molecule has 1 aliphatic heterocycles. The fourth-order valence-electron chi connectivity index (χ4n) is 1.96. The van der Waals surface area contributed by atoms with Crippen molar-refractivity contribution in [3.05, 3.63) is 0 Å². The first-order valence-corrected chi connectivity index (χ1v) is 6.14. The molecule has 0 bridgehead atoms. The molecule has 2 atom stereocenters. The number of carbonyl (C=O) groups is 1. The summed E-state index contributed by atoms with van der Waals surface area (Å²) in [4.78, 5) is 11.9. The predicted molar refractivity (Wildman–Crippen MR) is 62.0 cm³/mol. The number of nitrogens with one attached hydrogen (secondary N) is 1. The standard InChI is InChI=1S/C12H23NO3/c1-9(2)11(5-6-14)13-12(15)10-4-3-7-16-8-10/h9-11,14H,3-8H2,1-2H3,(H,13,15). The Morgan fingerprint density at radius 2 is 2.31 bits per heavy atom. The van der Waals surface area contributed by atoms with E-state index in [-0.39, 0.29) is 24.5 Å². The van der Waals surface area contributed by atoms with Gasteiger partial charge in [0.1, 0.15) is 0 Å². The molecule has 1 heterocycles. The lowest BCUT2D eigenvalue weighted by atomic mass is 9.97. The SMILES string of the molecule is CC(C)C(CCO)NC(=O)C1CCCOC1. The van der Waals surface area contributed by atoms with Crippen LogP contribution >= 0.6 is 0 Å². The summed E-state index contributed by atoms with van der Waals surface area (Å²) in [5.74, 6) is 0.418. The number of hydrogen-bond donors (Lipinski definition) is 2. The summed E-state index contributed by atoms with van der Waals surface area (Å²) in [5.41, 5.74) is 0. The van der Waals surface area contributed by atoms with E-state index in [1.165, 1.54) is 0 Å². The normalized spacial score (nSPS) is 23.1. The average Bonchev–Trinajstić information content (AvgIpc) is 2.29. The lowest BCUT2D eigenvalue weighted by Crippen LogP contribution is -2.44. The van der Waals surface area contributed by atoms with Gasteiger partial charge in [-0.3, -0.25) is 4.79 Å². The molecule has 1 fully saturated rings. The summed E-state index contributed by atoms with van der Waals surface area (Å²) in [6.07, 6.45) is 2.50. The van der Waals surface area contributed by atoms with E-state index in [1.807, 2.05) is 0 Å². The Hall–Kier alpha value is -0.610. The fraction of sp³-hybridized carbons (Fsp3) is 0.917. The van der Waals surface area contributed by atoms with Crippen molar-refractivity contribution in [3.8, 4) is 0 Å². The number of rotatable bonds is 5. The molecule has 1 aliphatic rings. The molecule has 94 valence electrons. The van der Waals surface area contributed by atoms with E-state index < -0.39 is 0 Å². The Bertz CT molecular complexity index is 212. The molecule has 1 saturated heterocycles. The second-order valence-electron chi connectivity index (χ2n) is 4.79. The van der Waals surface area contributed by atoms with E-state index >= 15 is 0 Å². The number of aliphatic hydroxyl groups is 1. The van der Waals surface area contributed by atoms with Gasteiger partial charge in [-0.25, -0.2) is 0 Å². The first-order chi connectivity index (χ1) is 7.65. The van der Waals surface area contributed by atoms with E-state index in [2.05, 4.69) is 19.2 Å². The van der Waals surface area contributed by atoms with Gasteiger partial charge in [-0.1, -0.05) is 13.8 Å². The third-order valence-corrected chi connectivity index (χ3v) is 3.10. The zero-order chi connectivity index (χ0) is 12.0. The molecule has 0 aromatic heterocycles. The van der Waals surface area contributed by atoms with Crippen molar-refractivity contribution in [2.24, 2.45) is 11.8 Å². The van der Waals surface area contributed by atoms with Crippen LogP contribution < -0.4 is 5.32 Å². The summed E-state index contributed by atoms with van der Waals surface area (Å²) in [6.45, 7) is 5.53. The summed E-state index contributed by atoms with van der Waals surface area (Å²) in [6, 6.07) is 0.0689. The number of aliphatic hydroxyl groups excluding tert-OH is 1. The Labute approximate surface area is 97.4 Å². The molecule has 0 aromatic rings. The van der Waals surface area contributed by atoms with Gasteiger partial charge in [0.2, 0.25) is 5.91 Å². The van der Waals surface area contributed by atoms with Crippen LogP contribution in [-0.2, 0) is 9.53 Å². The van der Waals surface area contributed by atoms with Crippen LogP contribution in [0.4, 0.5) is 0 Å². The van der Waals surface area contributed by atoms with Crippen molar-refractivity contribution in [1.29, 1.82) is 0 Å². The van der Waals surface area contributed by atoms with E-state index in [9.17, 15) is 4.79 Å². The van der Waals surface area contributed by atoms with Crippen LogP contribution in [0.5, 0.6) is 0 Å². The van der Waals surface area contributed by atoms with Gasteiger partial charge in [0.25, 0.3) is 0 Å². The molecule has 0 aliphatic carbocycles. The van der Waals surface area contributed by atoms with Gasteiger partial charge < -0.3 is 15.2 Å². The van der Waals surface area contributed by atoms with Crippen molar-refractivity contribution in [1.82, 2.24) is 5.32 Å². The molecular formula is C12H23NO3. The molecule has 0 radical (unpaired) electrons. The molecule has 4 heteroatoms.